The minimum Gasteiger partial charge on any atom is -0.361 e. The van der Waals surface area contributed by atoms with Crippen LogP contribution in [-0.2, 0) is 6.54 Å². The van der Waals surface area contributed by atoms with Crippen LogP contribution in [0.1, 0.15) is 31.2 Å². The largest absolute Gasteiger partial charge is 0.361 e. The fraction of sp³-hybridized carbons (Fsp3) is 0.692. The van der Waals surface area contributed by atoms with Crippen molar-refractivity contribution >= 4 is 16.9 Å². The smallest absolute Gasteiger partial charge is 0.156 e. The summed E-state index contributed by atoms with van der Waals surface area (Å²) in [5.41, 5.74) is 2.33. The Kier molecular flexibility index (Phi) is 4.69. The monoisotopic (exact) mass is 266 g/mol. The second-order valence-electron chi connectivity index (χ2n) is 4.75. The van der Waals surface area contributed by atoms with Gasteiger partial charge < -0.3 is 5.32 Å². The van der Waals surface area contributed by atoms with E-state index in [-0.39, 0.29) is 0 Å². The Morgan fingerprint density at radius 3 is 3.00 bits per heavy atom. The standard InChI is InChI=1S/C13H22N4S/c1-4-12-9-18-13(15-12)14-6-5-7-17-11(3)8-10(2)16-17/h8,12H,4-7,9H2,1-3H3,(H,14,15). The number of rotatable bonds is 5. The SMILES string of the molecule is CCC1CSC(=NCCCn2nc(C)cc2C)N1. The van der Waals surface area contributed by atoms with Crippen molar-refractivity contribution < 1.29 is 0 Å². The van der Waals surface area contributed by atoms with E-state index in [9.17, 15) is 0 Å². The van der Waals surface area contributed by atoms with E-state index in [2.05, 4.69) is 40.0 Å². The summed E-state index contributed by atoms with van der Waals surface area (Å²) in [4.78, 5) is 4.60. The lowest BCUT2D eigenvalue weighted by Crippen LogP contribution is -2.25. The minimum absolute atomic E-state index is 0.616. The van der Waals surface area contributed by atoms with Gasteiger partial charge in [-0.3, -0.25) is 9.67 Å². The number of amidine groups is 1. The normalized spacial score (nSPS) is 21.5. The van der Waals surface area contributed by atoms with Crippen LogP contribution in [-0.4, -0.2) is 33.3 Å². The van der Waals surface area contributed by atoms with Gasteiger partial charge in [-0.15, -0.1) is 0 Å². The minimum atomic E-state index is 0.616. The summed E-state index contributed by atoms with van der Waals surface area (Å²) in [6.07, 6.45) is 2.22. The van der Waals surface area contributed by atoms with Crippen molar-refractivity contribution in [3.05, 3.63) is 17.5 Å². The van der Waals surface area contributed by atoms with Crippen LogP contribution < -0.4 is 5.32 Å². The van der Waals surface area contributed by atoms with E-state index in [1.54, 1.807) is 0 Å². The molecule has 1 N–H and O–H groups in total. The first-order valence-electron chi connectivity index (χ1n) is 6.64. The summed E-state index contributed by atoms with van der Waals surface area (Å²) in [6.45, 7) is 8.19. The van der Waals surface area contributed by atoms with Gasteiger partial charge in [0.1, 0.15) is 0 Å². The zero-order valence-electron chi connectivity index (χ0n) is 11.4. The highest BCUT2D eigenvalue weighted by molar-refractivity contribution is 8.14. The number of aromatic nitrogens is 2. The number of nitrogens with zero attached hydrogens (tertiary/aromatic N) is 3. The molecule has 4 nitrogen and oxygen atoms in total. The van der Waals surface area contributed by atoms with E-state index < -0.39 is 0 Å². The lowest BCUT2D eigenvalue weighted by atomic mass is 10.3. The fourth-order valence-corrected chi connectivity index (χ4v) is 3.16. The van der Waals surface area contributed by atoms with Gasteiger partial charge in [-0.1, -0.05) is 18.7 Å². The molecule has 2 heterocycles. The summed E-state index contributed by atoms with van der Waals surface area (Å²) in [7, 11) is 0. The van der Waals surface area contributed by atoms with Crippen molar-refractivity contribution in [2.45, 2.75) is 46.2 Å². The van der Waals surface area contributed by atoms with Crippen molar-refractivity contribution in [2.24, 2.45) is 4.99 Å². The second kappa shape index (κ2) is 6.27. The molecule has 0 aliphatic carbocycles. The Morgan fingerprint density at radius 2 is 2.39 bits per heavy atom. The Morgan fingerprint density at radius 1 is 1.56 bits per heavy atom. The number of hydrogen-bond acceptors (Lipinski definition) is 3. The van der Waals surface area contributed by atoms with Gasteiger partial charge in [0.2, 0.25) is 0 Å². The predicted octanol–water partition coefficient (Wildman–Crippen LogP) is 2.36. The van der Waals surface area contributed by atoms with Gasteiger partial charge in [0, 0.05) is 30.6 Å². The summed E-state index contributed by atoms with van der Waals surface area (Å²) < 4.78 is 2.07. The quantitative estimate of drug-likeness (QED) is 0.832. The Bertz CT molecular complexity index is 425. The lowest BCUT2D eigenvalue weighted by Gasteiger charge is -2.05. The molecule has 0 saturated carbocycles. The molecule has 1 unspecified atom stereocenters. The molecule has 2 rings (SSSR count). The Labute approximate surface area is 113 Å². The van der Waals surface area contributed by atoms with Gasteiger partial charge in [0.25, 0.3) is 0 Å². The number of thioether (sulfide) groups is 1. The van der Waals surface area contributed by atoms with Crippen LogP contribution >= 0.6 is 11.8 Å². The second-order valence-corrected chi connectivity index (χ2v) is 5.76. The van der Waals surface area contributed by atoms with Crippen molar-refractivity contribution in [1.82, 2.24) is 15.1 Å². The molecule has 1 atom stereocenters. The van der Waals surface area contributed by atoms with E-state index in [0.717, 1.165) is 36.1 Å². The molecule has 5 heteroatoms. The van der Waals surface area contributed by atoms with Crippen LogP contribution in [0.25, 0.3) is 0 Å². The van der Waals surface area contributed by atoms with Crippen molar-refractivity contribution in [3.8, 4) is 0 Å². The van der Waals surface area contributed by atoms with E-state index in [1.807, 2.05) is 18.7 Å². The maximum atomic E-state index is 4.60. The van der Waals surface area contributed by atoms with Crippen molar-refractivity contribution in [1.29, 1.82) is 0 Å². The molecule has 1 aliphatic heterocycles. The zero-order chi connectivity index (χ0) is 13.0. The highest BCUT2D eigenvalue weighted by Crippen LogP contribution is 2.15. The van der Waals surface area contributed by atoms with Crippen LogP contribution in [0, 0.1) is 13.8 Å². The Hall–Kier alpha value is -0.970. The maximum Gasteiger partial charge on any atom is 0.156 e. The van der Waals surface area contributed by atoms with E-state index in [0.29, 0.717) is 6.04 Å². The lowest BCUT2D eigenvalue weighted by molar-refractivity contribution is 0.567. The molecule has 1 saturated heterocycles. The molecule has 18 heavy (non-hydrogen) atoms. The molecular formula is C13H22N4S. The topological polar surface area (TPSA) is 42.2 Å². The third-order valence-corrected chi connectivity index (χ3v) is 4.22. The van der Waals surface area contributed by atoms with E-state index >= 15 is 0 Å². The first-order valence-corrected chi connectivity index (χ1v) is 7.62. The van der Waals surface area contributed by atoms with Crippen LogP contribution in [0.3, 0.4) is 0 Å². The molecule has 0 amide bonds. The molecule has 0 spiro atoms. The van der Waals surface area contributed by atoms with E-state index in [4.69, 9.17) is 0 Å². The molecule has 1 fully saturated rings. The van der Waals surface area contributed by atoms with Crippen LogP contribution in [0.5, 0.6) is 0 Å². The van der Waals surface area contributed by atoms with Crippen molar-refractivity contribution in [2.75, 3.05) is 12.3 Å². The third kappa shape index (κ3) is 3.51. The number of aryl methyl sites for hydroxylation is 3. The first kappa shape index (κ1) is 13.5. The van der Waals surface area contributed by atoms with Gasteiger partial charge in [0.05, 0.1) is 5.69 Å². The Balaban J connectivity index is 1.73. The zero-order valence-corrected chi connectivity index (χ0v) is 12.3. The molecule has 0 bridgehead atoms. The van der Waals surface area contributed by atoms with Crippen LogP contribution in [0.2, 0.25) is 0 Å². The molecule has 1 aromatic rings. The average molecular weight is 266 g/mol. The van der Waals surface area contributed by atoms with Gasteiger partial charge >= 0.3 is 0 Å². The highest BCUT2D eigenvalue weighted by atomic mass is 32.2. The fourth-order valence-electron chi connectivity index (χ4n) is 2.05. The van der Waals surface area contributed by atoms with Gasteiger partial charge in [0.15, 0.2) is 5.17 Å². The van der Waals surface area contributed by atoms with Gasteiger partial charge in [-0.25, -0.2) is 0 Å². The van der Waals surface area contributed by atoms with Gasteiger partial charge in [-0.05, 0) is 32.8 Å². The van der Waals surface area contributed by atoms with Crippen LogP contribution in [0.15, 0.2) is 11.1 Å². The molecule has 1 aromatic heterocycles. The summed E-state index contributed by atoms with van der Waals surface area (Å²) in [5.74, 6) is 1.16. The van der Waals surface area contributed by atoms with Crippen molar-refractivity contribution in [3.63, 3.8) is 0 Å². The number of hydrogen-bond donors (Lipinski definition) is 1. The van der Waals surface area contributed by atoms with Crippen LogP contribution in [0.4, 0.5) is 0 Å². The molecule has 100 valence electrons. The molecular weight excluding hydrogens is 244 g/mol. The number of nitrogens with one attached hydrogen (secondary N) is 1. The predicted molar refractivity (Wildman–Crippen MR) is 78.3 cm³/mol. The molecule has 0 radical (unpaired) electrons. The maximum absolute atomic E-state index is 4.60. The van der Waals surface area contributed by atoms with E-state index in [1.165, 1.54) is 12.1 Å². The molecule has 0 aromatic carbocycles. The summed E-state index contributed by atoms with van der Waals surface area (Å²) >= 11 is 1.85. The van der Waals surface area contributed by atoms with Gasteiger partial charge in [-0.2, -0.15) is 5.10 Å². The summed E-state index contributed by atoms with van der Waals surface area (Å²) in [5, 5.41) is 9.02. The number of aliphatic imine (C=N–C) groups is 1. The highest BCUT2D eigenvalue weighted by Gasteiger charge is 2.17. The average Bonchev–Trinajstić information content (AvgIpc) is 2.92. The molecule has 1 aliphatic rings. The summed E-state index contributed by atoms with van der Waals surface area (Å²) in [6, 6.07) is 2.73. The third-order valence-electron chi connectivity index (χ3n) is 3.13. The first-order chi connectivity index (χ1) is 8.69.